The molecule has 0 aromatic heterocycles. The molecule has 2 nitrogen and oxygen atoms in total. The molecule has 3 unspecified atom stereocenters. The van der Waals surface area contributed by atoms with Gasteiger partial charge in [-0.1, -0.05) is 30.7 Å². The molecule has 1 saturated carbocycles. The third-order valence-corrected chi connectivity index (χ3v) is 4.36. The molecule has 0 bridgehead atoms. The van der Waals surface area contributed by atoms with E-state index < -0.39 is 0 Å². The first kappa shape index (κ1) is 13.4. The van der Waals surface area contributed by atoms with Gasteiger partial charge in [-0.2, -0.15) is 0 Å². The van der Waals surface area contributed by atoms with Gasteiger partial charge in [0.15, 0.2) is 0 Å². The van der Waals surface area contributed by atoms with Crippen LogP contribution in [0.15, 0.2) is 24.3 Å². The van der Waals surface area contributed by atoms with Crippen molar-refractivity contribution in [1.82, 2.24) is 5.32 Å². The summed E-state index contributed by atoms with van der Waals surface area (Å²) in [5.41, 5.74) is 3.03. The van der Waals surface area contributed by atoms with Crippen LogP contribution in [-0.2, 0) is 11.2 Å². The first-order valence-corrected chi connectivity index (χ1v) is 6.60. The minimum atomic E-state index is 0. The van der Waals surface area contributed by atoms with Crippen molar-refractivity contribution in [3.8, 4) is 0 Å². The molecule has 0 spiro atoms. The molecule has 1 aromatic rings. The van der Waals surface area contributed by atoms with Crippen molar-refractivity contribution in [2.24, 2.45) is 5.92 Å². The summed E-state index contributed by atoms with van der Waals surface area (Å²) < 4.78 is 0. The summed E-state index contributed by atoms with van der Waals surface area (Å²) in [7, 11) is 0. The van der Waals surface area contributed by atoms with Gasteiger partial charge in [0, 0.05) is 13.0 Å². The molecule has 0 heterocycles. The van der Waals surface area contributed by atoms with Gasteiger partial charge in [0.05, 0.1) is 0 Å². The van der Waals surface area contributed by atoms with E-state index in [0.717, 1.165) is 12.8 Å². The van der Waals surface area contributed by atoms with Gasteiger partial charge in [-0.25, -0.2) is 0 Å². The van der Waals surface area contributed by atoms with Crippen LogP contribution in [0.2, 0.25) is 0 Å². The minimum Gasteiger partial charge on any atom is -0.353 e. The topological polar surface area (TPSA) is 29.1 Å². The maximum Gasteiger partial charge on any atom is 0.217 e. The predicted molar refractivity (Wildman–Crippen MR) is 75.1 cm³/mol. The molecule has 0 radical (unpaired) electrons. The number of carbonyl (C=O) groups excluding carboxylic acids is 1. The van der Waals surface area contributed by atoms with Crippen LogP contribution < -0.4 is 5.32 Å². The molecule has 3 atom stereocenters. The molecule has 0 aliphatic heterocycles. The number of carbonyl (C=O) groups is 1. The molecule has 0 saturated heterocycles. The lowest BCUT2D eigenvalue weighted by Gasteiger charge is -2.34. The zero-order valence-electron chi connectivity index (χ0n) is 10.7. The minimum absolute atomic E-state index is 0. The lowest BCUT2D eigenvalue weighted by atomic mass is 9.76. The van der Waals surface area contributed by atoms with Gasteiger partial charge in [-0.15, -0.1) is 12.4 Å². The molecular weight excluding hydrogens is 246 g/mol. The van der Waals surface area contributed by atoms with Gasteiger partial charge in [0.2, 0.25) is 5.91 Å². The van der Waals surface area contributed by atoms with Gasteiger partial charge >= 0.3 is 0 Å². The van der Waals surface area contributed by atoms with Crippen molar-refractivity contribution in [2.45, 2.75) is 44.6 Å². The molecule has 2 aliphatic rings. The Balaban J connectivity index is 0.00000120. The highest BCUT2D eigenvalue weighted by Gasteiger charge is 2.39. The summed E-state index contributed by atoms with van der Waals surface area (Å²) in [5.74, 6) is 1.42. The summed E-state index contributed by atoms with van der Waals surface area (Å²) in [5, 5.41) is 3.15. The molecule has 1 aromatic carbocycles. The summed E-state index contributed by atoms with van der Waals surface area (Å²) in [6.07, 6.45) is 4.82. The second kappa shape index (κ2) is 5.31. The molecular formula is C15H20ClNO. The number of benzene rings is 1. The third-order valence-electron chi connectivity index (χ3n) is 4.36. The number of amides is 1. The van der Waals surface area contributed by atoms with Gasteiger partial charge in [-0.3, -0.25) is 4.79 Å². The van der Waals surface area contributed by atoms with Crippen LogP contribution in [0.3, 0.4) is 0 Å². The number of hydrogen-bond donors (Lipinski definition) is 1. The molecule has 3 rings (SSSR count). The van der Waals surface area contributed by atoms with Crippen LogP contribution in [0.5, 0.6) is 0 Å². The van der Waals surface area contributed by atoms with E-state index in [-0.39, 0.29) is 18.3 Å². The highest BCUT2D eigenvalue weighted by Crippen LogP contribution is 2.46. The van der Waals surface area contributed by atoms with Crippen LogP contribution in [-0.4, -0.2) is 11.9 Å². The largest absolute Gasteiger partial charge is 0.353 e. The Morgan fingerprint density at radius 1 is 1.28 bits per heavy atom. The molecule has 98 valence electrons. The Labute approximate surface area is 115 Å². The number of hydrogen-bond acceptors (Lipinski definition) is 1. The fourth-order valence-corrected chi connectivity index (χ4v) is 3.71. The van der Waals surface area contributed by atoms with Crippen LogP contribution in [0, 0.1) is 5.92 Å². The Hall–Kier alpha value is -1.02. The first-order chi connectivity index (χ1) is 8.25. The van der Waals surface area contributed by atoms with Crippen LogP contribution >= 0.6 is 12.4 Å². The average molecular weight is 266 g/mol. The molecule has 18 heavy (non-hydrogen) atoms. The number of fused-ring (bicyclic) bond motifs is 3. The van der Waals surface area contributed by atoms with Crippen LogP contribution in [0.1, 0.15) is 43.2 Å². The van der Waals surface area contributed by atoms with Gasteiger partial charge < -0.3 is 5.32 Å². The Bertz CT molecular complexity index is 446. The Kier molecular flexibility index (Phi) is 3.96. The molecule has 1 fully saturated rings. The predicted octanol–water partition coefficient (Wildman–Crippen LogP) is 3.05. The van der Waals surface area contributed by atoms with Crippen molar-refractivity contribution < 1.29 is 4.79 Å². The fourth-order valence-electron chi connectivity index (χ4n) is 3.71. The lowest BCUT2D eigenvalue weighted by molar-refractivity contribution is -0.120. The van der Waals surface area contributed by atoms with E-state index in [1.807, 2.05) is 0 Å². The number of nitrogens with one attached hydrogen (secondary N) is 1. The second-order valence-corrected chi connectivity index (χ2v) is 5.41. The summed E-state index contributed by atoms with van der Waals surface area (Å²) in [6, 6.07) is 9.18. The first-order valence-electron chi connectivity index (χ1n) is 6.60. The maximum absolute atomic E-state index is 11.3. The Morgan fingerprint density at radius 3 is 2.83 bits per heavy atom. The molecule has 1 amide bonds. The van der Waals surface area contributed by atoms with Crippen LogP contribution in [0.4, 0.5) is 0 Å². The maximum atomic E-state index is 11.3. The average Bonchev–Trinajstić information content (AvgIpc) is 2.68. The van der Waals surface area contributed by atoms with Crippen molar-refractivity contribution in [1.29, 1.82) is 0 Å². The smallest absolute Gasteiger partial charge is 0.217 e. The monoisotopic (exact) mass is 265 g/mol. The zero-order valence-corrected chi connectivity index (χ0v) is 11.5. The van der Waals surface area contributed by atoms with E-state index in [1.54, 1.807) is 6.92 Å². The zero-order chi connectivity index (χ0) is 11.8. The van der Waals surface area contributed by atoms with Crippen molar-refractivity contribution in [2.75, 3.05) is 0 Å². The second-order valence-electron chi connectivity index (χ2n) is 5.41. The van der Waals surface area contributed by atoms with E-state index in [2.05, 4.69) is 29.6 Å². The Morgan fingerprint density at radius 2 is 2.06 bits per heavy atom. The van der Waals surface area contributed by atoms with Gasteiger partial charge in [0.25, 0.3) is 0 Å². The van der Waals surface area contributed by atoms with Gasteiger partial charge in [0.1, 0.15) is 0 Å². The number of halogens is 1. The van der Waals surface area contributed by atoms with Crippen molar-refractivity contribution >= 4 is 18.3 Å². The number of rotatable bonds is 1. The van der Waals surface area contributed by atoms with Gasteiger partial charge in [-0.05, 0) is 42.2 Å². The van der Waals surface area contributed by atoms with E-state index in [4.69, 9.17) is 0 Å². The van der Waals surface area contributed by atoms with Crippen LogP contribution in [0.25, 0.3) is 0 Å². The summed E-state index contributed by atoms with van der Waals surface area (Å²) in [4.78, 5) is 11.3. The SMILES string of the molecule is CC(=O)NC1CCCC2c3ccccc3CC12.Cl. The lowest BCUT2D eigenvalue weighted by Crippen LogP contribution is -2.43. The third kappa shape index (κ3) is 2.26. The van der Waals surface area contributed by atoms with E-state index in [1.165, 1.54) is 24.0 Å². The van der Waals surface area contributed by atoms with E-state index in [0.29, 0.717) is 17.9 Å². The molecule has 3 heteroatoms. The summed E-state index contributed by atoms with van der Waals surface area (Å²) >= 11 is 0. The fraction of sp³-hybridized carbons (Fsp3) is 0.533. The molecule has 2 aliphatic carbocycles. The van der Waals surface area contributed by atoms with Crippen molar-refractivity contribution in [3.05, 3.63) is 35.4 Å². The summed E-state index contributed by atoms with van der Waals surface area (Å²) in [6.45, 7) is 1.63. The van der Waals surface area contributed by atoms with Crippen molar-refractivity contribution in [3.63, 3.8) is 0 Å². The van der Waals surface area contributed by atoms with E-state index >= 15 is 0 Å². The van der Waals surface area contributed by atoms with E-state index in [9.17, 15) is 4.79 Å². The highest BCUT2D eigenvalue weighted by molar-refractivity contribution is 5.85. The highest BCUT2D eigenvalue weighted by atomic mass is 35.5. The standard InChI is InChI=1S/C15H19NO.ClH/c1-10(17)16-15-8-4-7-13-12-6-3-2-5-11(12)9-14(13)15;/h2-3,5-6,13-15H,4,7-9H2,1H3,(H,16,17);1H. The quantitative estimate of drug-likeness (QED) is 0.831. The molecule has 1 N–H and O–H groups in total. The normalized spacial score (nSPS) is 28.8.